The van der Waals surface area contributed by atoms with Crippen LogP contribution in [0.1, 0.15) is 39.7 Å². The third-order valence-electron chi connectivity index (χ3n) is 3.93. The van der Waals surface area contributed by atoms with Gasteiger partial charge in [0, 0.05) is 24.7 Å². The molecule has 1 aliphatic carbocycles. The van der Waals surface area contributed by atoms with E-state index in [0.29, 0.717) is 19.3 Å². The van der Waals surface area contributed by atoms with Crippen molar-refractivity contribution in [2.45, 2.75) is 50.4 Å². The lowest BCUT2D eigenvalue weighted by molar-refractivity contribution is -0.117. The summed E-state index contributed by atoms with van der Waals surface area (Å²) in [6.45, 7) is 8.54. The minimum atomic E-state index is -0.485. The predicted molar refractivity (Wildman–Crippen MR) is 98.5 cm³/mol. The summed E-state index contributed by atoms with van der Waals surface area (Å²) < 4.78 is 7.52. The molecule has 1 aromatic heterocycles. The molecule has 0 unspecified atom stereocenters. The zero-order chi connectivity index (χ0) is 18.7. The highest BCUT2D eigenvalue weighted by atomic mass is 32.2. The van der Waals surface area contributed by atoms with Crippen LogP contribution in [0, 0.1) is 0 Å². The number of nitrogens with zero attached hydrogens (tertiary/aromatic N) is 4. The monoisotopic (exact) mass is 382 g/mol. The molecule has 2 heterocycles. The number of amides is 3. The van der Waals surface area contributed by atoms with Gasteiger partial charge in [-0.05, 0) is 33.6 Å². The number of morpholine rings is 1. The van der Waals surface area contributed by atoms with Crippen LogP contribution in [0.2, 0.25) is 0 Å². The number of imide groups is 1. The first kappa shape index (κ1) is 19.0. The van der Waals surface area contributed by atoms with Crippen LogP contribution in [0.5, 0.6) is 0 Å². The molecule has 10 heteroatoms. The number of nitrogens with one attached hydrogen (secondary N) is 2. The fourth-order valence-corrected chi connectivity index (χ4v) is 3.46. The van der Waals surface area contributed by atoms with Gasteiger partial charge in [-0.25, -0.2) is 4.79 Å². The van der Waals surface area contributed by atoms with Gasteiger partial charge in [0.05, 0.1) is 19.0 Å². The molecule has 0 atom stereocenters. The Bertz CT molecular complexity index is 661. The minimum Gasteiger partial charge on any atom is -0.378 e. The Morgan fingerprint density at radius 2 is 1.92 bits per heavy atom. The number of rotatable bonds is 5. The van der Waals surface area contributed by atoms with Gasteiger partial charge < -0.3 is 15.0 Å². The third kappa shape index (κ3) is 5.10. The van der Waals surface area contributed by atoms with E-state index in [-0.39, 0.29) is 11.7 Å². The molecule has 0 bridgehead atoms. The Labute approximate surface area is 157 Å². The maximum atomic E-state index is 12.0. The highest BCUT2D eigenvalue weighted by Gasteiger charge is 2.32. The highest BCUT2D eigenvalue weighted by molar-refractivity contribution is 7.99. The lowest BCUT2D eigenvalue weighted by Crippen LogP contribution is -2.48. The quantitative estimate of drug-likeness (QED) is 0.737. The second-order valence-corrected chi connectivity index (χ2v) is 8.47. The van der Waals surface area contributed by atoms with Crippen LogP contribution in [-0.2, 0) is 9.53 Å². The van der Waals surface area contributed by atoms with Crippen molar-refractivity contribution in [3.05, 3.63) is 0 Å². The Morgan fingerprint density at radius 1 is 1.23 bits per heavy atom. The van der Waals surface area contributed by atoms with Crippen LogP contribution in [-0.4, -0.2) is 64.3 Å². The first-order chi connectivity index (χ1) is 12.3. The number of carbonyl (C=O) groups is 2. The number of hydrogen-bond donors (Lipinski definition) is 2. The Kier molecular flexibility index (Phi) is 5.71. The first-order valence-corrected chi connectivity index (χ1v) is 9.84. The van der Waals surface area contributed by atoms with Gasteiger partial charge in [0.2, 0.25) is 11.9 Å². The summed E-state index contributed by atoms with van der Waals surface area (Å²) >= 11 is 1.31. The van der Waals surface area contributed by atoms with Crippen molar-refractivity contribution in [3.63, 3.8) is 0 Å². The summed E-state index contributed by atoms with van der Waals surface area (Å²) in [6.07, 6.45) is 2.20. The largest absolute Gasteiger partial charge is 0.378 e. The second kappa shape index (κ2) is 7.83. The first-order valence-electron chi connectivity index (χ1n) is 8.86. The van der Waals surface area contributed by atoms with Gasteiger partial charge in [0.25, 0.3) is 0 Å². The van der Waals surface area contributed by atoms with E-state index in [9.17, 15) is 9.59 Å². The Hall–Kier alpha value is -1.81. The molecular formula is C16H26N6O3S. The number of anilines is 1. The molecule has 1 saturated carbocycles. The number of aromatic nitrogens is 3. The zero-order valence-electron chi connectivity index (χ0n) is 15.4. The summed E-state index contributed by atoms with van der Waals surface area (Å²) in [4.78, 5) is 26.0. The van der Waals surface area contributed by atoms with Crippen molar-refractivity contribution in [3.8, 4) is 0 Å². The molecule has 2 fully saturated rings. The number of ether oxygens (including phenoxy) is 1. The van der Waals surface area contributed by atoms with E-state index in [1.54, 1.807) is 0 Å². The van der Waals surface area contributed by atoms with Crippen LogP contribution in [0.25, 0.3) is 0 Å². The van der Waals surface area contributed by atoms with Crippen molar-refractivity contribution in [1.82, 2.24) is 25.4 Å². The van der Waals surface area contributed by atoms with Crippen molar-refractivity contribution >= 4 is 29.6 Å². The fraction of sp³-hybridized carbons (Fsp3) is 0.750. The lowest BCUT2D eigenvalue weighted by Gasteiger charge is -2.27. The van der Waals surface area contributed by atoms with Crippen LogP contribution in [0.4, 0.5) is 10.7 Å². The summed E-state index contributed by atoms with van der Waals surface area (Å²) in [6, 6.07) is -0.0849. The molecule has 2 N–H and O–H groups in total. The molecule has 1 saturated heterocycles. The van der Waals surface area contributed by atoms with E-state index in [0.717, 1.165) is 37.0 Å². The number of urea groups is 1. The Balaban J connectivity index is 1.58. The third-order valence-corrected chi connectivity index (χ3v) is 4.87. The molecule has 3 amide bonds. The van der Waals surface area contributed by atoms with Gasteiger partial charge in [-0.1, -0.05) is 11.8 Å². The van der Waals surface area contributed by atoms with E-state index in [1.165, 1.54) is 11.8 Å². The Morgan fingerprint density at radius 3 is 2.54 bits per heavy atom. The van der Waals surface area contributed by atoms with Crippen molar-refractivity contribution in [2.75, 3.05) is 37.0 Å². The zero-order valence-corrected chi connectivity index (χ0v) is 16.3. The van der Waals surface area contributed by atoms with Crippen molar-refractivity contribution in [2.24, 2.45) is 0 Å². The average molecular weight is 382 g/mol. The standard InChI is InChI=1S/C16H26N6O3S/c1-16(2,3)18-13(24)17-12(23)10-26-15-20-19-14(22(15)11-4-5-11)21-6-8-25-9-7-21/h11H,4-10H2,1-3H3,(H2,17,18,23,24). The maximum absolute atomic E-state index is 12.0. The predicted octanol–water partition coefficient (Wildman–Crippen LogP) is 1.17. The van der Waals surface area contributed by atoms with Crippen molar-refractivity contribution < 1.29 is 14.3 Å². The smallest absolute Gasteiger partial charge is 0.321 e. The van der Waals surface area contributed by atoms with E-state index < -0.39 is 11.6 Å². The van der Waals surface area contributed by atoms with Crippen LogP contribution < -0.4 is 15.5 Å². The summed E-state index contributed by atoms with van der Waals surface area (Å²) in [5.41, 5.74) is -0.392. The van der Waals surface area contributed by atoms with E-state index >= 15 is 0 Å². The lowest BCUT2D eigenvalue weighted by atomic mass is 10.1. The minimum absolute atomic E-state index is 0.117. The van der Waals surface area contributed by atoms with E-state index in [1.807, 2.05) is 20.8 Å². The van der Waals surface area contributed by atoms with Gasteiger partial charge in [-0.2, -0.15) is 0 Å². The molecule has 0 aromatic carbocycles. The highest BCUT2D eigenvalue weighted by Crippen LogP contribution is 2.41. The molecule has 3 rings (SSSR count). The summed E-state index contributed by atoms with van der Waals surface area (Å²) in [5.74, 6) is 0.616. The SMILES string of the molecule is CC(C)(C)NC(=O)NC(=O)CSc1nnc(N2CCOCC2)n1C1CC1. The molecule has 1 aromatic rings. The number of carbonyl (C=O) groups excluding carboxylic acids is 2. The van der Waals surface area contributed by atoms with Gasteiger partial charge in [-0.15, -0.1) is 10.2 Å². The van der Waals surface area contributed by atoms with Gasteiger partial charge in [-0.3, -0.25) is 14.7 Å². The van der Waals surface area contributed by atoms with Crippen LogP contribution in [0.3, 0.4) is 0 Å². The van der Waals surface area contributed by atoms with Crippen molar-refractivity contribution in [1.29, 1.82) is 0 Å². The van der Waals surface area contributed by atoms with Crippen LogP contribution >= 0.6 is 11.8 Å². The average Bonchev–Trinajstić information content (AvgIpc) is 3.31. The topological polar surface area (TPSA) is 101 Å². The molecule has 0 spiro atoms. The van der Waals surface area contributed by atoms with Gasteiger partial charge in [0.15, 0.2) is 5.16 Å². The number of hydrogen-bond acceptors (Lipinski definition) is 7. The molecule has 1 aliphatic heterocycles. The number of thioether (sulfide) groups is 1. The van der Waals surface area contributed by atoms with Gasteiger partial charge >= 0.3 is 6.03 Å². The maximum Gasteiger partial charge on any atom is 0.321 e. The molecule has 26 heavy (non-hydrogen) atoms. The normalized spacial score (nSPS) is 17.9. The fourth-order valence-electron chi connectivity index (χ4n) is 2.66. The molecule has 144 valence electrons. The second-order valence-electron chi connectivity index (χ2n) is 7.52. The molecule has 0 radical (unpaired) electrons. The molecule has 2 aliphatic rings. The summed E-state index contributed by atoms with van der Waals surface area (Å²) in [5, 5.41) is 14.4. The molecule has 9 nitrogen and oxygen atoms in total. The van der Waals surface area contributed by atoms with E-state index in [4.69, 9.17) is 4.74 Å². The van der Waals surface area contributed by atoms with Crippen LogP contribution in [0.15, 0.2) is 5.16 Å². The van der Waals surface area contributed by atoms with Gasteiger partial charge in [0.1, 0.15) is 0 Å². The molecular weight excluding hydrogens is 356 g/mol. The summed E-state index contributed by atoms with van der Waals surface area (Å²) in [7, 11) is 0. The van der Waals surface area contributed by atoms with E-state index in [2.05, 4.69) is 30.3 Å².